The summed E-state index contributed by atoms with van der Waals surface area (Å²) >= 11 is 0. The Kier molecular flexibility index (Phi) is 6.12. The first kappa shape index (κ1) is 23.5. The first-order valence-electron chi connectivity index (χ1n) is 14.3. The molecule has 2 heterocycles. The molecular formula is C30H39N7. The van der Waals surface area contributed by atoms with Crippen LogP contribution >= 0.6 is 0 Å². The van der Waals surface area contributed by atoms with Crippen LogP contribution in [0.4, 0.5) is 0 Å². The van der Waals surface area contributed by atoms with Crippen LogP contribution in [0.25, 0.3) is 11.1 Å². The van der Waals surface area contributed by atoms with Gasteiger partial charge in [-0.1, -0.05) is 61.9 Å². The van der Waals surface area contributed by atoms with Crippen molar-refractivity contribution < 1.29 is 0 Å². The molecule has 1 aromatic heterocycles. The van der Waals surface area contributed by atoms with Gasteiger partial charge in [-0.2, -0.15) is 16.2 Å². The SMILES string of the molecule is CCCCc1nc(C23CC4CC(CC(C4)C2)C3)n(Cc2ccc(-c3ccccc3C3NNNN3)cc2)n1. The molecule has 8 rings (SSSR count). The fraction of sp³-hybridized carbons (Fsp3) is 0.533. The number of aryl methyl sites for hydroxylation is 1. The van der Waals surface area contributed by atoms with Crippen LogP contribution in [0, 0.1) is 17.8 Å². The van der Waals surface area contributed by atoms with Crippen LogP contribution in [0.2, 0.25) is 0 Å². The molecule has 0 atom stereocenters. The van der Waals surface area contributed by atoms with Gasteiger partial charge in [0, 0.05) is 11.8 Å². The van der Waals surface area contributed by atoms with E-state index in [2.05, 4.69) is 82.1 Å². The fourth-order valence-electron chi connectivity index (χ4n) is 8.10. The molecule has 1 saturated heterocycles. The largest absolute Gasteiger partial charge is 0.245 e. The quantitative estimate of drug-likeness (QED) is 0.354. The lowest BCUT2D eigenvalue weighted by Crippen LogP contribution is -2.49. The smallest absolute Gasteiger partial charge is 0.150 e. The van der Waals surface area contributed by atoms with Crippen molar-refractivity contribution >= 4 is 0 Å². The Morgan fingerprint density at radius 3 is 2.24 bits per heavy atom. The molecule has 4 aliphatic carbocycles. The standard InChI is InChI=1S/C30H39N7/c1-2-3-8-27-31-29(30-16-21-13-22(17-30)15-23(14-21)18-30)37(34-27)19-20-9-11-24(12-10-20)25-6-4-5-7-26(25)28-32-35-36-33-28/h4-7,9-12,21-23,28,32-33,35-36H,2-3,8,13-19H2,1H3. The maximum absolute atomic E-state index is 5.28. The van der Waals surface area contributed by atoms with Crippen molar-refractivity contribution in [2.75, 3.05) is 0 Å². The first-order valence-corrected chi connectivity index (χ1v) is 14.3. The molecule has 0 unspecified atom stereocenters. The predicted molar refractivity (Wildman–Crippen MR) is 145 cm³/mol. The highest BCUT2D eigenvalue weighted by Crippen LogP contribution is 2.60. The van der Waals surface area contributed by atoms with Gasteiger partial charge in [-0.3, -0.25) is 0 Å². The van der Waals surface area contributed by atoms with Gasteiger partial charge in [-0.15, -0.1) is 0 Å². The summed E-state index contributed by atoms with van der Waals surface area (Å²) in [6.45, 7) is 3.06. The lowest BCUT2D eigenvalue weighted by Gasteiger charge is -2.56. The lowest BCUT2D eigenvalue weighted by atomic mass is 9.49. The molecule has 194 valence electrons. The van der Waals surface area contributed by atoms with E-state index in [4.69, 9.17) is 10.1 Å². The average molecular weight is 498 g/mol. The van der Waals surface area contributed by atoms with Crippen molar-refractivity contribution in [3.8, 4) is 11.1 Å². The molecule has 5 aliphatic rings. The second-order valence-electron chi connectivity index (χ2n) is 12.1. The highest BCUT2D eigenvalue weighted by Gasteiger charge is 2.53. The summed E-state index contributed by atoms with van der Waals surface area (Å²) in [6.07, 6.45) is 11.7. The van der Waals surface area contributed by atoms with Gasteiger partial charge in [0.1, 0.15) is 12.0 Å². The number of hydrogen-bond donors (Lipinski definition) is 4. The Bertz CT molecular complexity index is 1210. The van der Waals surface area contributed by atoms with Gasteiger partial charge in [-0.05, 0) is 85.0 Å². The Labute approximate surface area is 219 Å². The Balaban J connectivity index is 1.17. The number of nitrogens with zero attached hydrogens (tertiary/aromatic N) is 3. The van der Waals surface area contributed by atoms with E-state index in [9.17, 15) is 0 Å². The van der Waals surface area contributed by atoms with Crippen molar-refractivity contribution in [1.82, 2.24) is 36.7 Å². The maximum atomic E-state index is 5.28. The predicted octanol–water partition coefficient (Wildman–Crippen LogP) is 4.92. The normalized spacial score (nSPS) is 28.8. The summed E-state index contributed by atoms with van der Waals surface area (Å²) in [4.78, 5) is 5.28. The second kappa shape index (κ2) is 9.62. The van der Waals surface area contributed by atoms with E-state index in [-0.39, 0.29) is 11.6 Å². The van der Waals surface area contributed by atoms with Crippen LogP contribution in [0.1, 0.15) is 87.2 Å². The minimum Gasteiger partial charge on any atom is -0.245 e. The summed E-state index contributed by atoms with van der Waals surface area (Å²) in [6, 6.07) is 17.6. The number of hydrazine groups is 3. The molecule has 1 aliphatic heterocycles. The van der Waals surface area contributed by atoms with Gasteiger partial charge in [0.15, 0.2) is 5.82 Å². The lowest BCUT2D eigenvalue weighted by molar-refractivity contribution is -0.0113. The molecule has 4 saturated carbocycles. The zero-order valence-corrected chi connectivity index (χ0v) is 21.8. The fourth-order valence-corrected chi connectivity index (χ4v) is 8.10. The van der Waals surface area contributed by atoms with Gasteiger partial charge < -0.3 is 0 Å². The van der Waals surface area contributed by atoms with Crippen LogP contribution in [0.15, 0.2) is 48.5 Å². The van der Waals surface area contributed by atoms with Crippen LogP contribution in [0.3, 0.4) is 0 Å². The highest BCUT2D eigenvalue weighted by atomic mass is 15.8. The van der Waals surface area contributed by atoms with Gasteiger partial charge in [0.05, 0.1) is 6.54 Å². The van der Waals surface area contributed by atoms with Crippen LogP contribution in [-0.2, 0) is 18.4 Å². The number of unbranched alkanes of at least 4 members (excludes halogenated alkanes) is 1. The molecular weight excluding hydrogens is 458 g/mol. The van der Waals surface area contributed by atoms with E-state index in [0.29, 0.717) is 0 Å². The second-order valence-corrected chi connectivity index (χ2v) is 12.1. The number of aromatic nitrogens is 3. The molecule has 37 heavy (non-hydrogen) atoms. The first-order chi connectivity index (χ1) is 18.2. The third-order valence-electron chi connectivity index (χ3n) is 9.35. The molecule has 5 fully saturated rings. The molecule has 0 spiro atoms. The van der Waals surface area contributed by atoms with E-state index in [1.54, 1.807) is 0 Å². The molecule has 7 heteroatoms. The van der Waals surface area contributed by atoms with E-state index in [0.717, 1.165) is 43.0 Å². The molecule has 4 bridgehead atoms. The van der Waals surface area contributed by atoms with E-state index in [1.165, 1.54) is 73.0 Å². The zero-order chi connectivity index (χ0) is 24.8. The van der Waals surface area contributed by atoms with Gasteiger partial charge in [-0.25, -0.2) is 20.5 Å². The van der Waals surface area contributed by atoms with Gasteiger partial charge in [0.2, 0.25) is 0 Å². The van der Waals surface area contributed by atoms with Crippen LogP contribution in [0.5, 0.6) is 0 Å². The third kappa shape index (κ3) is 4.42. The van der Waals surface area contributed by atoms with E-state index >= 15 is 0 Å². The summed E-state index contributed by atoms with van der Waals surface area (Å²) < 4.78 is 2.30. The summed E-state index contributed by atoms with van der Waals surface area (Å²) in [5.74, 6) is 5.07. The summed E-state index contributed by atoms with van der Waals surface area (Å²) in [5.41, 5.74) is 17.5. The average Bonchev–Trinajstić information content (AvgIpc) is 3.58. The Morgan fingerprint density at radius 2 is 1.57 bits per heavy atom. The summed E-state index contributed by atoms with van der Waals surface area (Å²) in [5, 5.41) is 5.12. The minimum atomic E-state index is 0.00963. The Hall–Kier alpha value is -2.58. The molecule has 3 aromatic rings. The summed E-state index contributed by atoms with van der Waals surface area (Å²) in [7, 11) is 0. The molecule has 0 radical (unpaired) electrons. The number of hydrogen-bond acceptors (Lipinski definition) is 6. The number of nitrogens with one attached hydrogen (secondary N) is 4. The van der Waals surface area contributed by atoms with Crippen molar-refractivity contribution in [2.45, 2.75) is 82.8 Å². The third-order valence-corrected chi connectivity index (χ3v) is 9.35. The van der Waals surface area contributed by atoms with Gasteiger partial charge >= 0.3 is 0 Å². The van der Waals surface area contributed by atoms with Crippen LogP contribution in [-0.4, -0.2) is 14.8 Å². The molecule has 2 aromatic carbocycles. The molecule has 0 amide bonds. The van der Waals surface area contributed by atoms with Crippen LogP contribution < -0.4 is 21.9 Å². The van der Waals surface area contributed by atoms with Gasteiger partial charge in [0.25, 0.3) is 0 Å². The molecule has 4 N–H and O–H groups in total. The number of benzene rings is 2. The van der Waals surface area contributed by atoms with E-state index < -0.39 is 0 Å². The topological polar surface area (TPSA) is 78.8 Å². The monoisotopic (exact) mass is 497 g/mol. The maximum Gasteiger partial charge on any atom is 0.150 e. The van der Waals surface area contributed by atoms with Crippen molar-refractivity contribution in [1.29, 1.82) is 0 Å². The van der Waals surface area contributed by atoms with E-state index in [1.807, 2.05) is 0 Å². The van der Waals surface area contributed by atoms with Crippen molar-refractivity contribution in [3.05, 3.63) is 71.3 Å². The Morgan fingerprint density at radius 1 is 0.892 bits per heavy atom. The van der Waals surface area contributed by atoms with Crippen molar-refractivity contribution in [3.63, 3.8) is 0 Å². The van der Waals surface area contributed by atoms with Crippen molar-refractivity contribution in [2.24, 2.45) is 17.8 Å². The molecule has 7 nitrogen and oxygen atoms in total. The zero-order valence-electron chi connectivity index (χ0n) is 21.8. The minimum absolute atomic E-state index is 0.00963. The number of rotatable bonds is 8. The highest BCUT2D eigenvalue weighted by molar-refractivity contribution is 5.68.